The second kappa shape index (κ2) is 7.72. The topological polar surface area (TPSA) is 69.7 Å². The van der Waals surface area contributed by atoms with Crippen LogP contribution in [0.2, 0.25) is 10.0 Å². The maximum Gasteiger partial charge on any atom is 0.292 e. The fraction of sp³-hybridized carbons (Fsp3) is 0.471. The maximum absolute atomic E-state index is 12.2. The van der Waals surface area contributed by atoms with Crippen molar-refractivity contribution in [2.24, 2.45) is 0 Å². The Morgan fingerprint density at radius 1 is 1.04 bits per heavy atom. The van der Waals surface area contributed by atoms with E-state index in [1.807, 2.05) is 0 Å². The molecular formula is C17H19Cl2N3O3. The number of nitrogens with one attached hydrogen (secondary N) is 1. The largest absolute Gasteiger partial charge is 0.340 e. The highest BCUT2D eigenvalue weighted by Gasteiger charge is 2.32. The monoisotopic (exact) mass is 383 g/mol. The molecule has 8 heteroatoms. The lowest BCUT2D eigenvalue weighted by molar-refractivity contribution is -0.133. The summed E-state index contributed by atoms with van der Waals surface area (Å²) in [5, 5.41) is 2.89. The van der Waals surface area contributed by atoms with Gasteiger partial charge in [-0.05, 0) is 31.0 Å². The molecule has 1 heterocycles. The third-order valence-corrected chi connectivity index (χ3v) is 5.26. The van der Waals surface area contributed by atoms with Crippen molar-refractivity contribution in [3.05, 3.63) is 33.8 Å². The zero-order chi connectivity index (χ0) is 18.0. The van der Waals surface area contributed by atoms with Gasteiger partial charge in [-0.3, -0.25) is 19.3 Å². The summed E-state index contributed by atoms with van der Waals surface area (Å²) in [6.45, 7) is 2.87. The number of hydrogen-bond donors (Lipinski definition) is 1. The summed E-state index contributed by atoms with van der Waals surface area (Å²) in [5.74, 6) is -1.75. The summed E-state index contributed by atoms with van der Waals surface area (Å²) in [5.41, 5.74) is 0.136. The van der Waals surface area contributed by atoms with Crippen LogP contribution in [0.4, 0.5) is 0 Å². The summed E-state index contributed by atoms with van der Waals surface area (Å²) in [7, 11) is 0. The number of ketones is 1. The Morgan fingerprint density at radius 2 is 1.72 bits per heavy atom. The smallest absolute Gasteiger partial charge is 0.292 e. The van der Waals surface area contributed by atoms with Gasteiger partial charge in [0.05, 0.1) is 16.6 Å². The number of halogens is 2. The van der Waals surface area contributed by atoms with E-state index in [9.17, 15) is 14.4 Å². The van der Waals surface area contributed by atoms with Gasteiger partial charge in [-0.15, -0.1) is 0 Å². The predicted octanol–water partition coefficient (Wildman–Crippen LogP) is 1.60. The van der Waals surface area contributed by atoms with Crippen LogP contribution in [0.5, 0.6) is 0 Å². The molecular weight excluding hydrogens is 365 g/mol. The number of Topliss-reactive ketones (excluding diaryl/α,β-unsaturated/α-hetero) is 1. The molecule has 0 unspecified atom stereocenters. The quantitative estimate of drug-likeness (QED) is 0.619. The zero-order valence-corrected chi connectivity index (χ0v) is 15.1. The van der Waals surface area contributed by atoms with E-state index in [0.29, 0.717) is 24.2 Å². The van der Waals surface area contributed by atoms with Gasteiger partial charge in [0, 0.05) is 37.8 Å². The van der Waals surface area contributed by atoms with E-state index < -0.39 is 11.7 Å². The van der Waals surface area contributed by atoms with Gasteiger partial charge in [0.2, 0.25) is 11.7 Å². The van der Waals surface area contributed by atoms with Gasteiger partial charge >= 0.3 is 0 Å². The van der Waals surface area contributed by atoms with Crippen molar-refractivity contribution in [2.45, 2.75) is 18.9 Å². The van der Waals surface area contributed by atoms with Crippen molar-refractivity contribution in [3.8, 4) is 0 Å². The van der Waals surface area contributed by atoms with Gasteiger partial charge in [-0.1, -0.05) is 23.2 Å². The highest BCUT2D eigenvalue weighted by Crippen LogP contribution is 2.27. The third-order valence-electron chi connectivity index (χ3n) is 4.52. The van der Waals surface area contributed by atoms with Gasteiger partial charge in [0.15, 0.2) is 0 Å². The minimum atomic E-state index is -0.830. The molecule has 1 saturated carbocycles. The van der Waals surface area contributed by atoms with Crippen LogP contribution >= 0.6 is 23.2 Å². The van der Waals surface area contributed by atoms with Crippen LogP contribution in [0.15, 0.2) is 18.2 Å². The van der Waals surface area contributed by atoms with Crippen LogP contribution in [-0.4, -0.2) is 66.2 Å². The first kappa shape index (κ1) is 18.2. The summed E-state index contributed by atoms with van der Waals surface area (Å²) >= 11 is 11.6. The zero-order valence-electron chi connectivity index (χ0n) is 13.6. The summed E-state index contributed by atoms with van der Waals surface area (Å²) < 4.78 is 0. The Labute approximate surface area is 156 Å². The molecule has 0 radical (unpaired) electrons. The molecule has 1 aromatic rings. The Bertz CT molecular complexity index is 698. The third kappa shape index (κ3) is 4.51. The van der Waals surface area contributed by atoms with Gasteiger partial charge < -0.3 is 10.2 Å². The lowest BCUT2D eigenvalue weighted by Gasteiger charge is -2.34. The molecule has 6 nitrogen and oxygen atoms in total. The average Bonchev–Trinajstić information content (AvgIpc) is 3.46. The first-order valence-electron chi connectivity index (χ1n) is 8.25. The molecule has 134 valence electrons. The SMILES string of the molecule is O=C(NCC(=O)N1CCN(C2CC2)CC1)C(=O)c1ccc(Cl)c(Cl)c1. The first-order valence-corrected chi connectivity index (χ1v) is 9.00. The fourth-order valence-electron chi connectivity index (χ4n) is 2.89. The van der Waals surface area contributed by atoms with E-state index in [4.69, 9.17) is 23.2 Å². The lowest BCUT2D eigenvalue weighted by atomic mass is 10.1. The molecule has 2 aliphatic rings. The van der Waals surface area contributed by atoms with Crippen LogP contribution in [0, 0.1) is 0 Å². The summed E-state index contributed by atoms with van der Waals surface area (Å²) in [6.07, 6.45) is 2.50. The molecule has 1 saturated heterocycles. The van der Waals surface area contributed by atoms with Gasteiger partial charge in [-0.2, -0.15) is 0 Å². The number of carbonyl (C=O) groups excluding carboxylic acids is 3. The summed E-state index contributed by atoms with van der Waals surface area (Å²) in [4.78, 5) is 40.4. The fourth-order valence-corrected chi connectivity index (χ4v) is 3.19. The normalized spacial score (nSPS) is 18.1. The molecule has 0 bridgehead atoms. The second-order valence-electron chi connectivity index (χ2n) is 6.29. The predicted molar refractivity (Wildman–Crippen MR) is 95.0 cm³/mol. The van der Waals surface area contributed by atoms with Crippen molar-refractivity contribution in [3.63, 3.8) is 0 Å². The molecule has 0 spiro atoms. The molecule has 1 aromatic carbocycles. The number of carbonyl (C=O) groups is 3. The minimum absolute atomic E-state index is 0.136. The highest BCUT2D eigenvalue weighted by atomic mass is 35.5. The van der Waals surface area contributed by atoms with Gasteiger partial charge in [0.25, 0.3) is 5.91 Å². The molecule has 0 atom stereocenters. The summed E-state index contributed by atoms with van der Waals surface area (Å²) in [6, 6.07) is 4.91. The number of nitrogens with zero attached hydrogens (tertiary/aromatic N) is 2. The molecule has 2 amide bonds. The Hall–Kier alpha value is -1.63. The molecule has 0 aromatic heterocycles. The van der Waals surface area contributed by atoms with E-state index >= 15 is 0 Å². The lowest BCUT2D eigenvalue weighted by Crippen LogP contribution is -2.52. The Kier molecular flexibility index (Phi) is 5.61. The maximum atomic E-state index is 12.2. The standard InChI is InChI=1S/C17H19Cl2N3O3/c18-13-4-1-11(9-14(13)19)16(24)17(25)20-10-15(23)22-7-5-21(6-8-22)12-2-3-12/h1,4,9,12H,2-3,5-8,10H2,(H,20,25). The van der Waals surface area contributed by atoms with Crippen molar-refractivity contribution in [2.75, 3.05) is 32.7 Å². The molecule has 1 aliphatic carbocycles. The van der Waals surface area contributed by atoms with Gasteiger partial charge in [-0.25, -0.2) is 0 Å². The number of benzene rings is 1. The van der Waals surface area contributed by atoms with Crippen LogP contribution < -0.4 is 5.32 Å². The van der Waals surface area contributed by atoms with E-state index in [2.05, 4.69) is 10.2 Å². The number of hydrogen-bond acceptors (Lipinski definition) is 4. The van der Waals surface area contributed by atoms with E-state index in [0.717, 1.165) is 13.1 Å². The van der Waals surface area contributed by atoms with E-state index in [1.165, 1.54) is 31.0 Å². The average molecular weight is 384 g/mol. The number of amides is 2. The molecule has 1 N–H and O–H groups in total. The van der Waals surface area contributed by atoms with Gasteiger partial charge in [0.1, 0.15) is 0 Å². The van der Waals surface area contributed by atoms with E-state index in [-0.39, 0.29) is 23.0 Å². The van der Waals surface area contributed by atoms with Crippen molar-refractivity contribution >= 4 is 40.8 Å². The van der Waals surface area contributed by atoms with Crippen LogP contribution in [0.3, 0.4) is 0 Å². The van der Waals surface area contributed by atoms with Crippen LogP contribution in [0.25, 0.3) is 0 Å². The molecule has 2 fully saturated rings. The van der Waals surface area contributed by atoms with Crippen LogP contribution in [0.1, 0.15) is 23.2 Å². The number of piperazine rings is 1. The first-order chi connectivity index (χ1) is 12.0. The van der Waals surface area contributed by atoms with E-state index in [1.54, 1.807) is 4.90 Å². The minimum Gasteiger partial charge on any atom is -0.340 e. The molecule has 3 rings (SSSR count). The Morgan fingerprint density at radius 3 is 2.32 bits per heavy atom. The molecule has 25 heavy (non-hydrogen) atoms. The van der Waals surface area contributed by atoms with Crippen molar-refractivity contribution in [1.29, 1.82) is 0 Å². The van der Waals surface area contributed by atoms with Crippen LogP contribution in [-0.2, 0) is 9.59 Å². The highest BCUT2D eigenvalue weighted by molar-refractivity contribution is 6.45. The second-order valence-corrected chi connectivity index (χ2v) is 7.10. The van der Waals surface area contributed by atoms with Crippen molar-refractivity contribution in [1.82, 2.24) is 15.1 Å². The molecule has 1 aliphatic heterocycles. The Balaban J connectivity index is 1.47. The van der Waals surface area contributed by atoms with Crippen molar-refractivity contribution < 1.29 is 14.4 Å². The number of rotatable bonds is 5.